The topological polar surface area (TPSA) is 77.5 Å². The van der Waals surface area contributed by atoms with Gasteiger partial charge in [0.2, 0.25) is 6.79 Å². The van der Waals surface area contributed by atoms with E-state index in [0.717, 1.165) is 45.8 Å². The second-order valence-electron chi connectivity index (χ2n) is 10.3. The number of esters is 1. The number of benzene rings is 4. The van der Waals surface area contributed by atoms with Crippen LogP contribution in [0.25, 0.3) is 11.1 Å². The third-order valence-corrected chi connectivity index (χ3v) is 6.90. The third kappa shape index (κ3) is 7.00. The van der Waals surface area contributed by atoms with Crippen molar-refractivity contribution in [1.29, 1.82) is 0 Å². The van der Waals surface area contributed by atoms with Crippen LogP contribution in [0.1, 0.15) is 40.4 Å². The van der Waals surface area contributed by atoms with Crippen LogP contribution < -0.4 is 18.9 Å². The Labute approximate surface area is 246 Å². The van der Waals surface area contributed by atoms with E-state index in [1.54, 1.807) is 24.3 Å². The molecule has 0 amide bonds. The van der Waals surface area contributed by atoms with Gasteiger partial charge in [-0.1, -0.05) is 55.5 Å². The lowest BCUT2D eigenvalue weighted by Crippen LogP contribution is -2.30. The van der Waals surface area contributed by atoms with Crippen molar-refractivity contribution < 1.29 is 28.8 Å². The molecule has 5 rings (SSSR count). The molecule has 1 aliphatic heterocycles. The Balaban J connectivity index is 1.47. The van der Waals surface area contributed by atoms with Crippen molar-refractivity contribution in [1.82, 2.24) is 4.90 Å². The molecular formula is C35H35NO6. The van der Waals surface area contributed by atoms with Crippen LogP contribution in [0.2, 0.25) is 0 Å². The maximum Gasteiger partial charge on any atom is 0.343 e. The molecule has 0 bridgehead atoms. The Hall–Kier alpha value is -4.59. The van der Waals surface area contributed by atoms with Crippen LogP contribution >= 0.6 is 0 Å². The third-order valence-electron chi connectivity index (χ3n) is 6.90. The van der Waals surface area contributed by atoms with Gasteiger partial charge in [-0.15, -0.1) is 0 Å². The van der Waals surface area contributed by atoms with Crippen LogP contribution in [0.3, 0.4) is 0 Å². The molecule has 4 aromatic carbocycles. The number of hydrogen-bond donors (Lipinski definition) is 1. The van der Waals surface area contributed by atoms with Gasteiger partial charge in [0.05, 0.1) is 5.56 Å². The zero-order chi connectivity index (χ0) is 29.5. The molecule has 0 aromatic heterocycles. The summed E-state index contributed by atoms with van der Waals surface area (Å²) in [4.78, 5) is 14.5. The van der Waals surface area contributed by atoms with Crippen LogP contribution in [0.4, 0.5) is 0 Å². The van der Waals surface area contributed by atoms with Crippen molar-refractivity contribution >= 4 is 17.1 Å². The number of allylic oxidation sites excluding steroid dienone is 1. The van der Waals surface area contributed by atoms with Gasteiger partial charge in [0.1, 0.15) is 24.2 Å². The van der Waals surface area contributed by atoms with Gasteiger partial charge in [-0.05, 0) is 96.9 Å². The minimum Gasteiger partial charge on any atom is -0.491 e. The van der Waals surface area contributed by atoms with Crippen molar-refractivity contribution in [3.63, 3.8) is 0 Å². The van der Waals surface area contributed by atoms with Crippen molar-refractivity contribution in [3.05, 3.63) is 119 Å². The summed E-state index contributed by atoms with van der Waals surface area (Å²) in [6, 6.07) is 30.4. The summed E-state index contributed by atoms with van der Waals surface area (Å²) in [5.74, 6) is 2.20. The molecule has 0 radical (unpaired) electrons. The van der Waals surface area contributed by atoms with Crippen molar-refractivity contribution in [2.24, 2.45) is 0 Å². The summed E-state index contributed by atoms with van der Waals surface area (Å²) in [5.41, 5.74) is 5.66. The SMILES string of the molecule is CC/C(=C(/c1ccc(OCC(O)CN(C)C)cc1)c1ccc(OC(=O)c2ccccc2)cc1)c1ccc2c(c1)OCO2. The van der Waals surface area contributed by atoms with E-state index in [4.69, 9.17) is 18.9 Å². The molecule has 4 aromatic rings. The van der Waals surface area contributed by atoms with Crippen LogP contribution in [0.15, 0.2) is 97.1 Å². The molecule has 0 saturated carbocycles. The zero-order valence-corrected chi connectivity index (χ0v) is 24.1. The van der Waals surface area contributed by atoms with Gasteiger partial charge in [0.15, 0.2) is 11.5 Å². The van der Waals surface area contributed by atoms with Crippen LogP contribution in [0.5, 0.6) is 23.0 Å². The van der Waals surface area contributed by atoms with Gasteiger partial charge in [0, 0.05) is 6.54 Å². The normalized spacial score (nSPS) is 13.5. The number of carbonyl (C=O) groups is 1. The van der Waals surface area contributed by atoms with E-state index in [1.165, 1.54) is 0 Å². The van der Waals surface area contributed by atoms with E-state index in [0.29, 0.717) is 23.6 Å². The smallest absolute Gasteiger partial charge is 0.343 e. The lowest BCUT2D eigenvalue weighted by molar-refractivity contribution is 0.0734. The summed E-state index contributed by atoms with van der Waals surface area (Å²) < 4.78 is 22.7. The molecule has 1 unspecified atom stereocenters. The summed E-state index contributed by atoms with van der Waals surface area (Å²) in [6.45, 7) is 3.07. The van der Waals surface area contributed by atoms with E-state index in [1.807, 2.05) is 91.8 Å². The second-order valence-corrected chi connectivity index (χ2v) is 10.3. The Kier molecular flexibility index (Phi) is 9.21. The van der Waals surface area contributed by atoms with Crippen LogP contribution in [0, 0.1) is 0 Å². The maximum absolute atomic E-state index is 12.6. The molecule has 7 nitrogen and oxygen atoms in total. The lowest BCUT2D eigenvalue weighted by atomic mass is 9.88. The van der Waals surface area contributed by atoms with Gasteiger partial charge >= 0.3 is 5.97 Å². The first-order valence-electron chi connectivity index (χ1n) is 14.0. The minimum absolute atomic E-state index is 0.209. The van der Waals surface area contributed by atoms with Gasteiger partial charge in [-0.2, -0.15) is 0 Å². The Morgan fingerprint density at radius 1 is 0.810 bits per heavy atom. The molecule has 0 aliphatic carbocycles. The Morgan fingerprint density at radius 2 is 1.43 bits per heavy atom. The van der Waals surface area contributed by atoms with Gasteiger partial charge in [-0.25, -0.2) is 4.79 Å². The zero-order valence-electron chi connectivity index (χ0n) is 24.1. The molecule has 0 fully saturated rings. The molecule has 0 saturated heterocycles. The lowest BCUT2D eigenvalue weighted by Gasteiger charge is -2.18. The first-order valence-corrected chi connectivity index (χ1v) is 14.0. The molecule has 7 heteroatoms. The van der Waals surface area contributed by atoms with Gasteiger partial charge in [-0.3, -0.25) is 0 Å². The van der Waals surface area contributed by atoms with Crippen LogP contribution in [-0.2, 0) is 0 Å². The van der Waals surface area contributed by atoms with E-state index < -0.39 is 12.1 Å². The maximum atomic E-state index is 12.6. The summed E-state index contributed by atoms with van der Waals surface area (Å²) in [6.07, 6.45) is 0.177. The van der Waals surface area contributed by atoms with Crippen molar-refractivity contribution in [3.8, 4) is 23.0 Å². The van der Waals surface area contributed by atoms with E-state index in [2.05, 4.69) is 6.92 Å². The molecule has 1 heterocycles. The number of rotatable bonds is 11. The quantitative estimate of drug-likeness (QED) is 0.130. The fourth-order valence-electron chi connectivity index (χ4n) is 4.94. The molecule has 216 valence electrons. The molecule has 0 spiro atoms. The summed E-state index contributed by atoms with van der Waals surface area (Å²) >= 11 is 0. The highest BCUT2D eigenvalue weighted by atomic mass is 16.7. The number of ether oxygens (including phenoxy) is 4. The molecule has 1 N–H and O–H groups in total. The highest BCUT2D eigenvalue weighted by molar-refractivity contribution is 5.99. The van der Waals surface area contributed by atoms with Gasteiger partial charge < -0.3 is 29.0 Å². The fourth-order valence-corrected chi connectivity index (χ4v) is 4.94. The standard InChI is InChI=1S/C35H35NO6/c1-4-31(27-14-19-32-33(20-27)41-23-40-32)34(24-10-15-29(16-11-24)39-22-28(37)21-36(2)3)25-12-17-30(18-13-25)42-35(38)26-8-6-5-7-9-26/h5-20,28,37H,4,21-23H2,1-3H3/b34-31+. The average Bonchev–Trinajstić information content (AvgIpc) is 3.48. The van der Waals surface area contributed by atoms with Crippen molar-refractivity contribution in [2.45, 2.75) is 19.4 Å². The Bertz CT molecular complexity index is 1530. The fraction of sp³-hybridized carbons (Fsp3) is 0.229. The molecule has 1 atom stereocenters. The monoisotopic (exact) mass is 565 g/mol. The Morgan fingerprint density at radius 3 is 2.07 bits per heavy atom. The number of fused-ring (bicyclic) bond motifs is 1. The molecule has 1 aliphatic rings. The highest BCUT2D eigenvalue weighted by Gasteiger charge is 2.19. The number of hydrogen-bond acceptors (Lipinski definition) is 7. The molecular weight excluding hydrogens is 530 g/mol. The first-order chi connectivity index (χ1) is 20.4. The minimum atomic E-state index is -0.581. The van der Waals surface area contributed by atoms with E-state index in [9.17, 15) is 9.90 Å². The van der Waals surface area contributed by atoms with E-state index >= 15 is 0 Å². The largest absolute Gasteiger partial charge is 0.491 e. The van der Waals surface area contributed by atoms with Gasteiger partial charge in [0.25, 0.3) is 0 Å². The highest BCUT2D eigenvalue weighted by Crippen LogP contribution is 2.40. The summed E-state index contributed by atoms with van der Waals surface area (Å²) in [5, 5.41) is 10.2. The number of aliphatic hydroxyl groups is 1. The summed E-state index contributed by atoms with van der Waals surface area (Å²) in [7, 11) is 3.83. The number of carbonyl (C=O) groups excluding carboxylic acids is 1. The second kappa shape index (κ2) is 13.4. The molecule has 42 heavy (non-hydrogen) atoms. The number of nitrogens with zero attached hydrogens (tertiary/aromatic N) is 1. The predicted molar refractivity (Wildman–Crippen MR) is 163 cm³/mol. The van der Waals surface area contributed by atoms with Crippen LogP contribution in [-0.4, -0.2) is 56.1 Å². The van der Waals surface area contributed by atoms with Crippen molar-refractivity contribution in [2.75, 3.05) is 34.0 Å². The predicted octanol–water partition coefficient (Wildman–Crippen LogP) is 6.30. The first kappa shape index (κ1) is 28.9. The number of likely N-dealkylation sites (N-methyl/N-ethyl adjacent to an activating group) is 1. The van der Waals surface area contributed by atoms with E-state index in [-0.39, 0.29) is 13.4 Å². The average molecular weight is 566 g/mol. The number of aliphatic hydroxyl groups excluding tert-OH is 1.